The summed E-state index contributed by atoms with van der Waals surface area (Å²) < 4.78 is 0. The van der Waals surface area contributed by atoms with Crippen LogP contribution in [0.15, 0.2) is 0 Å². The summed E-state index contributed by atoms with van der Waals surface area (Å²) in [6, 6.07) is 0. The Morgan fingerprint density at radius 3 is 1.23 bits per heavy atom. The second-order valence-electron chi connectivity index (χ2n) is 5.33. The first-order valence-corrected chi connectivity index (χ1v) is 12.7. The molecule has 6 N–H and O–H groups in total. The highest BCUT2D eigenvalue weighted by Crippen LogP contribution is 2.26. The fourth-order valence-electron chi connectivity index (χ4n) is 1.51. The average molecular weight is 398 g/mol. The van der Waals surface area contributed by atoms with Crippen molar-refractivity contribution >= 4 is 37.1 Å². The van der Waals surface area contributed by atoms with Crippen LogP contribution in [-0.4, -0.2) is 29.4 Å². The maximum atomic E-state index is 7.56. The van der Waals surface area contributed by atoms with Gasteiger partial charge in [-0.1, -0.05) is 72.1 Å². The van der Waals surface area contributed by atoms with Gasteiger partial charge in [0.05, 0.1) is 0 Å². The number of rotatable bonds is 8. The standard InChI is InChI=1S/C12H26.2H3O3PS/c1-4-5-6-7-8-9-10-11-12(2)3;2*1-4(2,3)5/h12H,4-11H2,1-3H3;2*(H3,1,2,3,5). The van der Waals surface area contributed by atoms with Crippen LogP contribution in [0.5, 0.6) is 0 Å². The Bertz CT molecular complexity index is 280. The summed E-state index contributed by atoms with van der Waals surface area (Å²) >= 11 is 7.21. The number of unbranched alkanes of at least 4 members (excludes halogenated alkanes) is 6. The van der Waals surface area contributed by atoms with E-state index in [1.54, 1.807) is 0 Å². The molecule has 0 unspecified atom stereocenters. The molecule has 0 atom stereocenters. The lowest BCUT2D eigenvalue weighted by Crippen LogP contribution is -1.87. The molecule has 0 aliphatic rings. The summed E-state index contributed by atoms with van der Waals surface area (Å²) in [5, 5.41) is 0. The zero-order valence-corrected chi connectivity index (χ0v) is 17.1. The smallest absolute Gasteiger partial charge is 0.319 e. The summed E-state index contributed by atoms with van der Waals surface area (Å²) in [6.07, 6.45) is 11.5. The van der Waals surface area contributed by atoms with E-state index in [0.717, 1.165) is 5.92 Å². The SMILES string of the molecule is CCCCCCCCCC(C)C.OP(O)(O)=S.OP(O)(O)=S. The van der Waals surface area contributed by atoms with Gasteiger partial charge in [0.1, 0.15) is 0 Å². The van der Waals surface area contributed by atoms with Crippen LogP contribution in [0.3, 0.4) is 0 Å². The lowest BCUT2D eigenvalue weighted by molar-refractivity contribution is 0.361. The van der Waals surface area contributed by atoms with Crippen molar-refractivity contribution in [3.8, 4) is 0 Å². The van der Waals surface area contributed by atoms with Crippen molar-refractivity contribution in [1.29, 1.82) is 0 Å². The predicted octanol–water partition coefficient (Wildman–Crippen LogP) is 3.16. The summed E-state index contributed by atoms with van der Waals surface area (Å²) in [7, 11) is 0. The Morgan fingerprint density at radius 2 is 0.955 bits per heavy atom. The van der Waals surface area contributed by atoms with E-state index in [1.807, 2.05) is 0 Å². The molecule has 0 saturated heterocycles. The van der Waals surface area contributed by atoms with Crippen LogP contribution in [0.1, 0.15) is 72.1 Å². The first-order chi connectivity index (χ1) is 9.77. The van der Waals surface area contributed by atoms with Crippen molar-refractivity contribution < 1.29 is 29.4 Å². The van der Waals surface area contributed by atoms with Gasteiger partial charge in [-0.05, 0) is 29.5 Å². The molecule has 0 aliphatic carbocycles. The molecule has 0 heterocycles. The van der Waals surface area contributed by atoms with Gasteiger partial charge in [0, 0.05) is 0 Å². The van der Waals surface area contributed by atoms with Gasteiger partial charge in [-0.3, -0.25) is 0 Å². The second-order valence-corrected chi connectivity index (χ2v) is 10.3. The highest BCUT2D eigenvalue weighted by atomic mass is 32.5. The molecule has 0 aromatic carbocycles. The average Bonchev–Trinajstić information content (AvgIpc) is 2.23. The quantitative estimate of drug-likeness (QED) is 0.272. The first-order valence-electron chi connectivity index (χ1n) is 7.34. The molecule has 6 nitrogen and oxygen atoms in total. The molecule has 138 valence electrons. The zero-order chi connectivity index (χ0) is 18.2. The van der Waals surface area contributed by atoms with Crippen molar-refractivity contribution in [3.63, 3.8) is 0 Å². The summed E-state index contributed by atoms with van der Waals surface area (Å²) in [5.41, 5.74) is 0. The van der Waals surface area contributed by atoms with Gasteiger partial charge in [-0.15, -0.1) is 0 Å². The van der Waals surface area contributed by atoms with Crippen molar-refractivity contribution in [3.05, 3.63) is 0 Å². The molecule has 0 spiro atoms. The highest BCUT2D eigenvalue weighted by molar-refractivity contribution is 8.06. The Hall–Kier alpha value is 1.06. The van der Waals surface area contributed by atoms with Crippen molar-refractivity contribution in [2.45, 2.75) is 72.1 Å². The molecule has 22 heavy (non-hydrogen) atoms. The van der Waals surface area contributed by atoms with Crippen LogP contribution in [0.4, 0.5) is 0 Å². The summed E-state index contributed by atoms with van der Waals surface area (Å²) in [5.74, 6) is 0.903. The minimum Gasteiger partial charge on any atom is -0.325 e. The van der Waals surface area contributed by atoms with E-state index in [4.69, 9.17) is 29.4 Å². The topological polar surface area (TPSA) is 121 Å². The minimum absolute atomic E-state index is 0.903. The Morgan fingerprint density at radius 1 is 0.682 bits per heavy atom. The van der Waals surface area contributed by atoms with E-state index in [-0.39, 0.29) is 0 Å². The number of hydrogen-bond acceptors (Lipinski definition) is 2. The Kier molecular flexibility index (Phi) is 21.4. The maximum Gasteiger partial charge on any atom is 0.319 e. The molecule has 0 radical (unpaired) electrons. The predicted molar refractivity (Wildman–Crippen MR) is 99.3 cm³/mol. The van der Waals surface area contributed by atoms with Gasteiger partial charge < -0.3 is 29.4 Å². The van der Waals surface area contributed by atoms with E-state index in [2.05, 4.69) is 44.4 Å². The van der Waals surface area contributed by atoms with Crippen LogP contribution in [0.25, 0.3) is 0 Å². The molecule has 0 bridgehead atoms. The maximum absolute atomic E-state index is 7.56. The van der Waals surface area contributed by atoms with Gasteiger partial charge in [0.25, 0.3) is 0 Å². The van der Waals surface area contributed by atoms with E-state index >= 15 is 0 Å². The van der Waals surface area contributed by atoms with Crippen LogP contribution in [0, 0.1) is 5.92 Å². The Labute approximate surface area is 144 Å². The van der Waals surface area contributed by atoms with Crippen LogP contribution >= 0.6 is 13.4 Å². The van der Waals surface area contributed by atoms with Crippen LogP contribution in [0.2, 0.25) is 0 Å². The molecular weight excluding hydrogens is 366 g/mol. The second kappa shape index (κ2) is 16.9. The fraction of sp³-hybridized carbons (Fsp3) is 1.00. The third kappa shape index (κ3) is 83.7. The molecular formula is C12H32O6P2S2. The Balaban J connectivity index is -0.000000298. The minimum atomic E-state index is -3.81. The molecule has 0 amide bonds. The van der Waals surface area contributed by atoms with Crippen molar-refractivity contribution in [2.24, 2.45) is 5.92 Å². The van der Waals surface area contributed by atoms with Gasteiger partial charge >= 0.3 is 13.4 Å². The largest absolute Gasteiger partial charge is 0.325 e. The number of hydrogen-bond donors (Lipinski definition) is 6. The van der Waals surface area contributed by atoms with Gasteiger partial charge in [-0.2, -0.15) is 0 Å². The molecule has 0 aliphatic heterocycles. The first kappa shape index (κ1) is 27.9. The zero-order valence-electron chi connectivity index (χ0n) is 13.6. The van der Waals surface area contributed by atoms with Crippen LogP contribution < -0.4 is 0 Å². The van der Waals surface area contributed by atoms with E-state index in [0.29, 0.717) is 0 Å². The molecule has 0 rings (SSSR count). The molecule has 0 aromatic heterocycles. The third-order valence-electron chi connectivity index (χ3n) is 2.39. The monoisotopic (exact) mass is 398 g/mol. The summed E-state index contributed by atoms with van der Waals surface area (Å²) in [4.78, 5) is 45.3. The lowest BCUT2D eigenvalue weighted by atomic mass is 10.0. The fourth-order valence-corrected chi connectivity index (χ4v) is 1.51. The van der Waals surface area contributed by atoms with E-state index in [9.17, 15) is 0 Å². The lowest BCUT2D eigenvalue weighted by Gasteiger charge is -2.03. The molecule has 10 heteroatoms. The van der Waals surface area contributed by atoms with Crippen molar-refractivity contribution in [1.82, 2.24) is 0 Å². The van der Waals surface area contributed by atoms with E-state index < -0.39 is 13.4 Å². The summed E-state index contributed by atoms with van der Waals surface area (Å²) in [6.45, 7) is -0.701. The van der Waals surface area contributed by atoms with Gasteiger partial charge in [0.15, 0.2) is 0 Å². The van der Waals surface area contributed by atoms with Crippen molar-refractivity contribution in [2.75, 3.05) is 0 Å². The third-order valence-corrected chi connectivity index (χ3v) is 2.39. The molecule has 0 fully saturated rings. The van der Waals surface area contributed by atoms with E-state index in [1.165, 1.54) is 51.4 Å². The van der Waals surface area contributed by atoms with Crippen LogP contribution in [-0.2, 0) is 23.6 Å². The molecule has 0 saturated carbocycles. The molecule has 0 aromatic rings. The van der Waals surface area contributed by atoms with Gasteiger partial charge in [0.2, 0.25) is 0 Å². The normalized spacial score (nSPS) is 11.4. The highest BCUT2D eigenvalue weighted by Gasteiger charge is 1.94. The van der Waals surface area contributed by atoms with Gasteiger partial charge in [-0.25, -0.2) is 0 Å².